The van der Waals surface area contributed by atoms with E-state index >= 15 is 0 Å². The number of carbonyl (C=O) groups is 1. The van der Waals surface area contributed by atoms with Crippen LogP contribution in [0.25, 0.3) is 0 Å². The van der Waals surface area contributed by atoms with Crippen molar-refractivity contribution < 1.29 is 18.6 Å². The van der Waals surface area contributed by atoms with E-state index in [4.69, 9.17) is 25.4 Å². The normalized spacial score (nSPS) is 13.6. The van der Waals surface area contributed by atoms with Crippen molar-refractivity contribution in [3.05, 3.63) is 0 Å². The highest BCUT2D eigenvalue weighted by molar-refractivity contribution is 7.49. The highest BCUT2D eigenvalue weighted by atomic mass is 35.5. The Morgan fingerprint density at radius 3 is 2.11 bits per heavy atom. The molecule has 0 amide bonds. The monoisotopic (exact) mass is 312 g/mol. The Morgan fingerprint density at radius 1 is 1.21 bits per heavy atom. The molecule has 0 aromatic rings. The van der Waals surface area contributed by atoms with Gasteiger partial charge in [0.25, 0.3) is 0 Å². The highest BCUT2D eigenvalue weighted by Crippen LogP contribution is 2.46. The Morgan fingerprint density at radius 2 is 1.74 bits per heavy atom. The fraction of sp³-hybridized carbons (Fsp3) is 0.923. The maximum atomic E-state index is 12.2. The number of hydrogen-bond donors (Lipinski definition) is 0. The van der Waals surface area contributed by atoms with E-state index in [0.717, 1.165) is 6.42 Å². The molecular formula is C13H26ClO4P. The number of alkyl halides is 1. The van der Waals surface area contributed by atoms with Crippen LogP contribution in [0.15, 0.2) is 0 Å². The van der Waals surface area contributed by atoms with Crippen molar-refractivity contribution in [2.75, 3.05) is 19.1 Å². The minimum atomic E-state index is -1.26. The first-order valence-corrected chi connectivity index (χ1v) is 8.47. The van der Waals surface area contributed by atoms with Gasteiger partial charge in [-0.15, -0.1) is 11.6 Å². The van der Waals surface area contributed by atoms with Crippen LogP contribution in [0, 0.1) is 0 Å². The summed E-state index contributed by atoms with van der Waals surface area (Å²) in [6.45, 7) is 10.4. The van der Waals surface area contributed by atoms with Crippen LogP contribution in [0.5, 0.6) is 0 Å². The molecule has 0 saturated heterocycles. The van der Waals surface area contributed by atoms with Gasteiger partial charge in [-0.05, 0) is 47.5 Å². The van der Waals surface area contributed by atoms with E-state index in [9.17, 15) is 4.79 Å². The van der Waals surface area contributed by atoms with Crippen molar-refractivity contribution >= 4 is 25.9 Å². The van der Waals surface area contributed by atoms with Gasteiger partial charge < -0.3 is 13.8 Å². The van der Waals surface area contributed by atoms with E-state index < -0.39 is 14.0 Å². The van der Waals surface area contributed by atoms with Crippen molar-refractivity contribution in [2.45, 2.75) is 58.7 Å². The van der Waals surface area contributed by atoms with Gasteiger partial charge >= 0.3 is 5.97 Å². The fourth-order valence-electron chi connectivity index (χ4n) is 1.42. The van der Waals surface area contributed by atoms with E-state index in [1.165, 1.54) is 0 Å². The summed E-state index contributed by atoms with van der Waals surface area (Å²) in [4.78, 5) is 12.2. The quantitative estimate of drug-likeness (QED) is 0.365. The minimum Gasteiger partial charge on any atom is -0.459 e. The third-order valence-electron chi connectivity index (χ3n) is 2.06. The van der Waals surface area contributed by atoms with Crippen molar-refractivity contribution in [3.8, 4) is 0 Å². The molecule has 0 saturated carbocycles. The number of carbonyl (C=O) groups excluding carboxylic acids is 1. The van der Waals surface area contributed by atoms with Crippen molar-refractivity contribution in [1.82, 2.24) is 0 Å². The lowest BCUT2D eigenvalue weighted by molar-refractivity contribution is -0.154. The molecule has 0 aliphatic rings. The number of halogens is 1. The predicted molar refractivity (Wildman–Crippen MR) is 79.8 cm³/mol. The molecule has 0 rings (SSSR count). The zero-order valence-corrected chi connectivity index (χ0v) is 14.2. The molecule has 0 aliphatic heterocycles. The Bertz CT molecular complexity index is 250. The maximum absolute atomic E-state index is 12.2. The minimum absolute atomic E-state index is 0.259. The highest BCUT2D eigenvalue weighted by Gasteiger charge is 2.33. The number of rotatable bonds is 9. The summed E-state index contributed by atoms with van der Waals surface area (Å²) in [6.07, 6.45) is 1.37. The number of hydrogen-bond acceptors (Lipinski definition) is 4. The molecular weight excluding hydrogens is 287 g/mol. The van der Waals surface area contributed by atoms with Gasteiger partial charge in [0.1, 0.15) is 11.3 Å². The van der Waals surface area contributed by atoms with E-state index in [1.54, 1.807) is 0 Å². The van der Waals surface area contributed by atoms with Gasteiger partial charge in [-0.3, -0.25) is 4.79 Å². The first-order chi connectivity index (χ1) is 8.85. The molecule has 0 bridgehead atoms. The topological polar surface area (TPSA) is 44.8 Å². The molecule has 0 aromatic carbocycles. The van der Waals surface area contributed by atoms with Gasteiger partial charge in [0.15, 0.2) is 8.38 Å². The molecule has 0 aromatic heterocycles. The lowest BCUT2D eigenvalue weighted by Crippen LogP contribution is -2.31. The Balaban J connectivity index is 4.78. The molecule has 6 heteroatoms. The molecule has 0 heterocycles. The van der Waals surface area contributed by atoms with Gasteiger partial charge in [0, 0.05) is 5.88 Å². The molecule has 0 spiro atoms. The molecule has 0 fully saturated rings. The molecule has 19 heavy (non-hydrogen) atoms. The van der Waals surface area contributed by atoms with Crippen LogP contribution in [-0.4, -0.2) is 36.3 Å². The molecule has 0 radical (unpaired) electrons. The average molecular weight is 313 g/mol. The third kappa shape index (κ3) is 8.80. The molecule has 0 N–H and O–H groups in total. The largest absolute Gasteiger partial charge is 0.459 e. The van der Waals surface area contributed by atoms with Crippen molar-refractivity contribution in [2.24, 2.45) is 0 Å². The first kappa shape index (κ1) is 19.1. The van der Waals surface area contributed by atoms with Crippen LogP contribution in [0.4, 0.5) is 0 Å². The second kappa shape index (κ2) is 9.93. The smallest absolute Gasteiger partial charge is 0.318 e. The second-order valence-corrected chi connectivity index (χ2v) is 7.09. The predicted octanol–water partition coefficient (Wildman–Crippen LogP) is 4.10. The van der Waals surface area contributed by atoms with Gasteiger partial charge in [0.2, 0.25) is 0 Å². The Labute approximate surface area is 123 Å². The van der Waals surface area contributed by atoms with Gasteiger partial charge in [0.05, 0.1) is 13.2 Å². The van der Waals surface area contributed by atoms with E-state index in [2.05, 4.69) is 0 Å². The van der Waals surface area contributed by atoms with Crippen molar-refractivity contribution in [3.63, 3.8) is 0 Å². The summed E-state index contributed by atoms with van der Waals surface area (Å²) in [5, 5.41) is 0. The molecule has 0 aliphatic carbocycles. The lowest BCUT2D eigenvalue weighted by Gasteiger charge is -2.28. The van der Waals surface area contributed by atoms with Gasteiger partial charge in [-0.1, -0.05) is 0 Å². The zero-order valence-electron chi connectivity index (χ0n) is 12.6. The average Bonchev–Trinajstić information content (AvgIpc) is 2.27. The Kier molecular flexibility index (Phi) is 9.98. The summed E-state index contributed by atoms with van der Waals surface area (Å²) in [7, 11) is -1.26. The van der Waals surface area contributed by atoms with Crippen LogP contribution in [-0.2, 0) is 18.6 Å². The standard InChI is InChI=1S/C13H26ClO4P/c1-6-16-19(17-7-2)11(9-8-10-14)12(15)18-13(3,4)5/h11H,6-10H2,1-5H3. The van der Waals surface area contributed by atoms with Crippen LogP contribution < -0.4 is 0 Å². The zero-order chi connectivity index (χ0) is 14.9. The van der Waals surface area contributed by atoms with E-state index in [-0.39, 0.29) is 11.6 Å². The number of ether oxygens (including phenoxy) is 1. The maximum Gasteiger partial charge on any atom is 0.318 e. The Hall–Kier alpha value is 0.110. The first-order valence-electron chi connectivity index (χ1n) is 6.69. The summed E-state index contributed by atoms with van der Waals surface area (Å²) in [6, 6.07) is 0. The molecule has 1 unspecified atom stereocenters. The van der Waals surface area contributed by atoms with Crippen molar-refractivity contribution in [1.29, 1.82) is 0 Å². The van der Waals surface area contributed by atoms with Gasteiger partial charge in [-0.25, -0.2) is 0 Å². The lowest BCUT2D eigenvalue weighted by atomic mass is 10.2. The van der Waals surface area contributed by atoms with Gasteiger partial charge in [-0.2, -0.15) is 0 Å². The summed E-state index contributed by atoms with van der Waals surface area (Å²) in [5.74, 6) is 0.256. The van der Waals surface area contributed by atoms with E-state index in [1.807, 2.05) is 34.6 Å². The molecule has 1 atom stereocenters. The fourth-order valence-corrected chi connectivity index (χ4v) is 3.14. The van der Waals surface area contributed by atoms with Crippen LogP contribution >= 0.6 is 20.0 Å². The summed E-state index contributed by atoms with van der Waals surface area (Å²) < 4.78 is 16.6. The SMILES string of the molecule is CCOP(OCC)C(CCCCl)C(=O)OC(C)(C)C. The van der Waals surface area contributed by atoms with Crippen LogP contribution in [0.2, 0.25) is 0 Å². The van der Waals surface area contributed by atoms with Crippen LogP contribution in [0.1, 0.15) is 47.5 Å². The molecule has 114 valence electrons. The number of esters is 1. The van der Waals surface area contributed by atoms with Crippen LogP contribution in [0.3, 0.4) is 0 Å². The molecule has 4 nitrogen and oxygen atoms in total. The summed E-state index contributed by atoms with van der Waals surface area (Å²) in [5.41, 5.74) is -0.872. The summed E-state index contributed by atoms with van der Waals surface area (Å²) >= 11 is 5.72. The third-order valence-corrected chi connectivity index (χ3v) is 4.33. The van der Waals surface area contributed by atoms with E-state index in [0.29, 0.717) is 25.5 Å². The second-order valence-electron chi connectivity index (χ2n) is 5.00.